The average Bonchev–Trinajstić information content (AvgIpc) is 3.17. The van der Waals surface area contributed by atoms with E-state index in [2.05, 4.69) is 21.3 Å². The van der Waals surface area contributed by atoms with Crippen molar-refractivity contribution in [3.05, 3.63) is 59.2 Å². The monoisotopic (exact) mass is 495 g/mol. The van der Waals surface area contributed by atoms with Gasteiger partial charge < -0.3 is 25.8 Å². The molecule has 1 saturated heterocycles. The Morgan fingerprint density at radius 2 is 1.78 bits per heavy atom. The number of hydrogen-bond acceptors (Lipinski definition) is 7. The Kier molecular flexibility index (Phi) is 10.1. The van der Waals surface area contributed by atoms with Crippen molar-refractivity contribution < 1.29 is 19.1 Å². The van der Waals surface area contributed by atoms with Gasteiger partial charge in [0.05, 0.1) is 20.3 Å². The lowest BCUT2D eigenvalue weighted by Crippen LogP contribution is -2.37. The summed E-state index contributed by atoms with van der Waals surface area (Å²) in [6, 6.07) is 12.1. The van der Waals surface area contributed by atoms with Crippen LogP contribution >= 0.6 is 0 Å². The number of nitrogens with one attached hydrogen (secondary N) is 1. The van der Waals surface area contributed by atoms with E-state index >= 15 is 0 Å². The minimum Gasteiger partial charge on any atom is -0.496 e. The molecule has 36 heavy (non-hydrogen) atoms. The summed E-state index contributed by atoms with van der Waals surface area (Å²) in [4.78, 5) is 31.2. The number of ether oxygens (including phenoxy) is 2. The summed E-state index contributed by atoms with van der Waals surface area (Å²) in [7, 11) is 1.64. The molecule has 0 spiro atoms. The van der Waals surface area contributed by atoms with Crippen LogP contribution < -0.4 is 26.4 Å². The Labute approximate surface area is 212 Å². The number of aliphatic imine (C=N–C) groups is 1. The van der Waals surface area contributed by atoms with Crippen molar-refractivity contribution in [1.82, 2.24) is 5.32 Å². The van der Waals surface area contributed by atoms with Gasteiger partial charge in [-0.15, -0.1) is 0 Å². The number of carbonyl (C=O) groups excluding carboxylic acids is 2. The molecular formula is C27H37N5O4. The summed E-state index contributed by atoms with van der Waals surface area (Å²) in [5, 5.41) is 2.64. The molecule has 9 heteroatoms. The molecule has 9 nitrogen and oxygen atoms in total. The molecule has 1 heterocycles. The van der Waals surface area contributed by atoms with E-state index in [0.717, 1.165) is 48.5 Å². The Morgan fingerprint density at radius 3 is 2.42 bits per heavy atom. The lowest BCUT2D eigenvalue weighted by Gasteiger charge is -2.26. The number of methoxy groups -OCH3 is 1. The lowest BCUT2D eigenvalue weighted by atomic mass is 10.0. The van der Waals surface area contributed by atoms with Crippen LogP contribution in [0.3, 0.4) is 0 Å². The maximum absolute atomic E-state index is 12.7. The summed E-state index contributed by atoms with van der Waals surface area (Å²) in [5.74, 6) is -0.0417. The summed E-state index contributed by atoms with van der Waals surface area (Å²) in [6.07, 6.45) is 5.12. The van der Waals surface area contributed by atoms with E-state index in [9.17, 15) is 9.59 Å². The van der Waals surface area contributed by atoms with Gasteiger partial charge in [-0.2, -0.15) is 0 Å². The lowest BCUT2D eigenvalue weighted by molar-refractivity contribution is -0.144. The van der Waals surface area contributed by atoms with Gasteiger partial charge in [-0.1, -0.05) is 31.0 Å². The Morgan fingerprint density at radius 1 is 1.08 bits per heavy atom. The molecule has 2 aromatic rings. The van der Waals surface area contributed by atoms with E-state index in [1.165, 1.54) is 12.8 Å². The maximum atomic E-state index is 12.7. The number of anilines is 1. The van der Waals surface area contributed by atoms with Crippen LogP contribution in [0.1, 0.15) is 54.1 Å². The van der Waals surface area contributed by atoms with Crippen LogP contribution in [-0.2, 0) is 22.5 Å². The van der Waals surface area contributed by atoms with Crippen LogP contribution in [0.15, 0.2) is 47.5 Å². The SMILES string of the molecule is CCOC(=O)[C@@H](N)Cc1ccc(C(=O)NC(N)=NCc2c(OC)cccc2N2CCCCCC2)cc1. The van der Waals surface area contributed by atoms with E-state index in [-0.39, 0.29) is 25.0 Å². The number of guanidine groups is 1. The first kappa shape index (κ1) is 27.0. The zero-order valence-corrected chi connectivity index (χ0v) is 21.2. The highest BCUT2D eigenvalue weighted by Crippen LogP contribution is 2.31. The van der Waals surface area contributed by atoms with Crippen molar-refractivity contribution in [2.24, 2.45) is 16.5 Å². The Balaban J connectivity index is 1.64. The summed E-state index contributed by atoms with van der Waals surface area (Å²) in [5.41, 5.74) is 15.2. The number of benzene rings is 2. The Bertz CT molecular complexity index is 1050. The maximum Gasteiger partial charge on any atom is 0.323 e. The van der Waals surface area contributed by atoms with Crippen molar-refractivity contribution in [1.29, 1.82) is 0 Å². The van der Waals surface area contributed by atoms with Gasteiger partial charge in [-0.25, -0.2) is 4.99 Å². The molecule has 0 unspecified atom stereocenters. The second kappa shape index (κ2) is 13.5. The molecule has 1 atom stereocenters. The van der Waals surface area contributed by atoms with E-state index in [4.69, 9.17) is 20.9 Å². The normalized spacial score (nSPS) is 15.1. The Hall–Kier alpha value is -3.59. The smallest absolute Gasteiger partial charge is 0.323 e. The molecule has 0 aliphatic carbocycles. The van der Waals surface area contributed by atoms with Gasteiger partial charge in [-0.05, 0) is 56.0 Å². The predicted octanol–water partition coefficient (Wildman–Crippen LogP) is 2.75. The van der Waals surface area contributed by atoms with Crippen molar-refractivity contribution in [3.8, 4) is 5.75 Å². The second-order valence-corrected chi connectivity index (χ2v) is 8.77. The highest BCUT2D eigenvalue weighted by atomic mass is 16.5. The molecule has 2 aromatic carbocycles. The van der Waals surface area contributed by atoms with E-state index in [1.54, 1.807) is 38.3 Å². The van der Waals surface area contributed by atoms with Crippen molar-refractivity contribution in [2.75, 3.05) is 31.7 Å². The number of nitrogens with two attached hydrogens (primary N) is 2. The third-order valence-electron chi connectivity index (χ3n) is 6.19. The molecule has 1 aliphatic rings. The first-order valence-electron chi connectivity index (χ1n) is 12.5. The molecule has 0 aromatic heterocycles. The van der Waals surface area contributed by atoms with Crippen molar-refractivity contribution >= 4 is 23.5 Å². The quantitative estimate of drug-likeness (QED) is 0.277. The highest BCUT2D eigenvalue weighted by Gasteiger charge is 2.18. The summed E-state index contributed by atoms with van der Waals surface area (Å²) >= 11 is 0. The molecule has 194 valence electrons. The number of amides is 1. The van der Waals surface area contributed by atoms with Gasteiger partial charge in [0.25, 0.3) is 5.91 Å². The minimum absolute atomic E-state index is 0.0288. The van der Waals surface area contributed by atoms with Gasteiger partial charge in [0.2, 0.25) is 0 Å². The van der Waals surface area contributed by atoms with Gasteiger partial charge in [-0.3, -0.25) is 14.9 Å². The van der Waals surface area contributed by atoms with Gasteiger partial charge in [0.15, 0.2) is 5.96 Å². The predicted molar refractivity (Wildman–Crippen MR) is 141 cm³/mol. The fourth-order valence-electron chi connectivity index (χ4n) is 4.28. The number of esters is 1. The van der Waals surface area contributed by atoms with Crippen LogP contribution in [0.25, 0.3) is 0 Å². The molecule has 0 radical (unpaired) electrons. The summed E-state index contributed by atoms with van der Waals surface area (Å²) < 4.78 is 10.5. The highest BCUT2D eigenvalue weighted by molar-refractivity contribution is 6.05. The van der Waals surface area contributed by atoms with Gasteiger partial charge in [0, 0.05) is 29.9 Å². The number of carbonyl (C=O) groups is 2. The molecule has 0 saturated carbocycles. The molecule has 3 rings (SSSR count). The van der Waals surface area contributed by atoms with Crippen LogP contribution in [0.4, 0.5) is 5.69 Å². The minimum atomic E-state index is -0.749. The van der Waals surface area contributed by atoms with Crippen molar-refractivity contribution in [3.63, 3.8) is 0 Å². The zero-order valence-electron chi connectivity index (χ0n) is 21.2. The fourth-order valence-corrected chi connectivity index (χ4v) is 4.28. The standard InChI is InChI=1S/C27H37N5O4/c1-3-36-26(34)22(28)17-19-11-13-20(14-12-19)25(33)31-27(29)30-18-21-23(9-8-10-24(21)35-2)32-15-6-4-5-7-16-32/h8-14,22H,3-7,15-18,28H2,1-2H3,(H3,29,30,31,33)/t22-/m0/s1. The molecule has 1 fully saturated rings. The van der Waals surface area contributed by atoms with Gasteiger partial charge >= 0.3 is 5.97 Å². The topological polar surface area (TPSA) is 132 Å². The first-order valence-corrected chi connectivity index (χ1v) is 12.5. The van der Waals surface area contributed by atoms with Crippen LogP contribution in [-0.4, -0.2) is 50.7 Å². The average molecular weight is 496 g/mol. The molecular weight excluding hydrogens is 458 g/mol. The second-order valence-electron chi connectivity index (χ2n) is 8.77. The summed E-state index contributed by atoms with van der Waals surface area (Å²) in [6.45, 7) is 4.30. The molecule has 5 N–H and O–H groups in total. The largest absolute Gasteiger partial charge is 0.496 e. The zero-order chi connectivity index (χ0) is 25.9. The molecule has 1 amide bonds. The number of nitrogens with zero attached hydrogens (tertiary/aromatic N) is 2. The third-order valence-corrected chi connectivity index (χ3v) is 6.19. The fraction of sp³-hybridized carbons (Fsp3) is 0.444. The van der Waals surface area contributed by atoms with Crippen LogP contribution in [0.5, 0.6) is 5.75 Å². The van der Waals surface area contributed by atoms with Crippen molar-refractivity contribution in [2.45, 2.75) is 51.6 Å². The first-order chi connectivity index (χ1) is 17.4. The molecule has 0 bridgehead atoms. The molecule has 1 aliphatic heterocycles. The number of hydrogen-bond donors (Lipinski definition) is 3. The van der Waals surface area contributed by atoms with Gasteiger partial charge in [0.1, 0.15) is 11.8 Å². The van der Waals surface area contributed by atoms with E-state index in [1.807, 2.05) is 12.1 Å². The van der Waals surface area contributed by atoms with E-state index < -0.39 is 12.0 Å². The number of rotatable bonds is 9. The van der Waals surface area contributed by atoms with E-state index in [0.29, 0.717) is 12.0 Å². The van der Waals surface area contributed by atoms with Crippen LogP contribution in [0, 0.1) is 0 Å². The third kappa shape index (κ3) is 7.45. The van der Waals surface area contributed by atoms with Crippen LogP contribution in [0.2, 0.25) is 0 Å².